The molecule has 2 rings (SSSR count). The van der Waals surface area contributed by atoms with Crippen LogP contribution in [0.1, 0.15) is 33.1 Å². The Bertz CT molecular complexity index is 263. The molecule has 106 valence electrons. The summed E-state index contributed by atoms with van der Waals surface area (Å²) < 4.78 is 5.62. The molecule has 4 heteroatoms. The van der Waals surface area contributed by atoms with Gasteiger partial charge in [-0.2, -0.15) is 0 Å². The zero-order valence-corrected chi connectivity index (χ0v) is 11.9. The molecule has 4 nitrogen and oxygen atoms in total. The van der Waals surface area contributed by atoms with E-state index in [1.54, 1.807) is 0 Å². The van der Waals surface area contributed by atoms with E-state index in [4.69, 9.17) is 4.74 Å². The van der Waals surface area contributed by atoms with Crippen LogP contribution >= 0.6 is 0 Å². The van der Waals surface area contributed by atoms with Crippen molar-refractivity contribution in [2.45, 2.75) is 38.7 Å². The average Bonchev–Trinajstić information content (AvgIpc) is 2.74. The lowest BCUT2D eigenvalue weighted by molar-refractivity contribution is -0.0294. The maximum absolute atomic E-state index is 10.2. The predicted molar refractivity (Wildman–Crippen MR) is 72.7 cm³/mol. The minimum Gasteiger partial charge on any atom is -0.389 e. The summed E-state index contributed by atoms with van der Waals surface area (Å²) >= 11 is 0. The van der Waals surface area contributed by atoms with Crippen LogP contribution in [0.25, 0.3) is 0 Å². The number of nitrogens with one attached hydrogen (secondary N) is 1. The van der Waals surface area contributed by atoms with E-state index < -0.39 is 5.60 Å². The van der Waals surface area contributed by atoms with Gasteiger partial charge in [0, 0.05) is 31.7 Å². The van der Waals surface area contributed by atoms with Crippen molar-refractivity contribution in [3.8, 4) is 0 Å². The molecule has 2 aliphatic heterocycles. The Balaban J connectivity index is 1.92. The molecule has 0 aromatic carbocycles. The molecule has 0 aliphatic carbocycles. The number of rotatable bonds is 5. The van der Waals surface area contributed by atoms with Crippen LogP contribution in [0.5, 0.6) is 0 Å². The highest BCUT2D eigenvalue weighted by Crippen LogP contribution is 2.31. The van der Waals surface area contributed by atoms with Crippen molar-refractivity contribution in [1.82, 2.24) is 10.2 Å². The molecule has 0 amide bonds. The van der Waals surface area contributed by atoms with Crippen LogP contribution in [0.4, 0.5) is 0 Å². The van der Waals surface area contributed by atoms with E-state index in [9.17, 15) is 5.11 Å². The van der Waals surface area contributed by atoms with E-state index >= 15 is 0 Å². The van der Waals surface area contributed by atoms with Gasteiger partial charge in [0.15, 0.2) is 0 Å². The fourth-order valence-corrected chi connectivity index (χ4v) is 3.29. The van der Waals surface area contributed by atoms with E-state index in [1.807, 2.05) is 6.92 Å². The van der Waals surface area contributed by atoms with Gasteiger partial charge < -0.3 is 15.2 Å². The minimum atomic E-state index is -0.503. The Labute approximate surface area is 111 Å². The van der Waals surface area contributed by atoms with Crippen molar-refractivity contribution >= 4 is 0 Å². The fourth-order valence-electron chi connectivity index (χ4n) is 3.29. The Morgan fingerprint density at radius 1 is 1.39 bits per heavy atom. The highest BCUT2D eigenvalue weighted by molar-refractivity contribution is 4.92. The Kier molecular flexibility index (Phi) is 4.64. The van der Waals surface area contributed by atoms with Gasteiger partial charge in [0.1, 0.15) is 0 Å². The highest BCUT2D eigenvalue weighted by atomic mass is 16.5. The number of likely N-dealkylation sites (tertiary alicyclic amines) is 1. The van der Waals surface area contributed by atoms with Gasteiger partial charge in [0.2, 0.25) is 0 Å². The van der Waals surface area contributed by atoms with E-state index in [2.05, 4.69) is 17.1 Å². The molecule has 0 saturated carbocycles. The van der Waals surface area contributed by atoms with E-state index in [0.717, 1.165) is 65.2 Å². The number of hydrogen-bond acceptors (Lipinski definition) is 4. The molecular weight excluding hydrogens is 228 g/mol. The zero-order chi connectivity index (χ0) is 13.1. The van der Waals surface area contributed by atoms with Crippen molar-refractivity contribution in [3.63, 3.8) is 0 Å². The molecule has 0 bridgehead atoms. The number of nitrogens with zero attached hydrogens (tertiary/aromatic N) is 1. The van der Waals surface area contributed by atoms with Gasteiger partial charge in [-0.25, -0.2) is 0 Å². The van der Waals surface area contributed by atoms with Crippen molar-refractivity contribution in [1.29, 1.82) is 0 Å². The molecule has 2 fully saturated rings. The van der Waals surface area contributed by atoms with Gasteiger partial charge in [-0.15, -0.1) is 0 Å². The first-order valence-corrected chi connectivity index (χ1v) is 7.29. The molecule has 2 saturated heterocycles. The summed E-state index contributed by atoms with van der Waals surface area (Å²) in [5.74, 6) is 0. The molecule has 0 radical (unpaired) electrons. The largest absolute Gasteiger partial charge is 0.389 e. The van der Waals surface area contributed by atoms with Crippen LogP contribution in [-0.2, 0) is 4.74 Å². The van der Waals surface area contributed by atoms with Crippen molar-refractivity contribution in [2.24, 2.45) is 5.41 Å². The summed E-state index contributed by atoms with van der Waals surface area (Å²) in [6.45, 7) is 10.9. The van der Waals surface area contributed by atoms with Crippen molar-refractivity contribution in [3.05, 3.63) is 0 Å². The third kappa shape index (κ3) is 3.67. The molecule has 0 aromatic heterocycles. The standard InChI is InChI=1S/C14H28N2O2/c1-3-15-9-14(6-8-18-12-14)11-16-7-4-5-13(2,17)10-16/h15,17H,3-12H2,1-2H3. The lowest BCUT2D eigenvalue weighted by Gasteiger charge is -2.41. The van der Waals surface area contributed by atoms with Gasteiger partial charge in [-0.1, -0.05) is 6.92 Å². The van der Waals surface area contributed by atoms with Crippen molar-refractivity contribution in [2.75, 3.05) is 45.9 Å². The van der Waals surface area contributed by atoms with E-state index in [0.29, 0.717) is 0 Å². The normalized spacial score (nSPS) is 38.2. The Morgan fingerprint density at radius 2 is 2.22 bits per heavy atom. The Morgan fingerprint density at radius 3 is 2.83 bits per heavy atom. The van der Waals surface area contributed by atoms with Crippen LogP contribution < -0.4 is 5.32 Å². The lowest BCUT2D eigenvalue weighted by atomic mass is 9.84. The third-order valence-electron chi connectivity index (χ3n) is 4.25. The van der Waals surface area contributed by atoms with Crippen LogP contribution in [0.3, 0.4) is 0 Å². The van der Waals surface area contributed by atoms with Crippen LogP contribution in [0.15, 0.2) is 0 Å². The highest BCUT2D eigenvalue weighted by Gasteiger charge is 2.38. The SMILES string of the molecule is CCNCC1(CN2CCCC(C)(O)C2)CCOC1. The van der Waals surface area contributed by atoms with Crippen molar-refractivity contribution < 1.29 is 9.84 Å². The maximum Gasteiger partial charge on any atom is 0.0746 e. The molecular formula is C14H28N2O2. The topological polar surface area (TPSA) is 44.7 Å². The number of β-amino-alcohol motifs (C(OH)–C–C–N with tert-alkyl or cyclic N) is 1. The molecule has 2 atom stereocenters. The predicted octanol–water partition coefficient (Wildman–Crippen LogP) is 0.849. The lowest BCUT2D eigenvalue weighted by Crippen LogP contribution is -2.52. The van der Waals surface area contributed by atoms with Gasteiger partial charge in [0.25, 0.3) is 0 Å². The summed E-state index contributed by atoms with van der Waals surface area (Å²) in [6.07, 6.45) is 3.17. The van der Waals surface area contributed by atoms with Gasteiger partial charge in [-0.3, -0.25) is 4.90 Å². The molecule has 0 spiro atoms. The van der Waals surface area contributed by atoms with Crippen LogP contribution in [0.2, 0.25) is 0 Å². The van der Waals surface area contributed by atoms with Gasteiger partial charge in [0.05, 0.1) is 12.2 Å². The summed E-state index contributed by atoms with van der Waals surface area (Å²) in [5.41, 5.74) is -0.249. The monoisotopic (exact) mass is 256 g/mol. The first kappa shape index (κ1) is 14.3. The first-order valence-electron chi connectivity index (χ1n) is 7.29. The smallest absolute Gasteiger partial charge is 0.0746 e. The second kappa shape index (κ2) is 5.87. The average molecular weight is 256 g/mol. The number of piperidine rings is 1. The number of hydrogen-bond donors (Lipinski definition) is 2. The summed E-state index contributed by atoms with van der Waals surface area (Å²) in [7, 11) is 0. The second-order valence-electron chi connectivity index (χ2n) is 6.39. The molecule has 2 unspecified atom stereocenters. The number of aliphatic hydroxyl groups is 1. The second-order valence-corrected chi connectivity index (χ2v) is 6.39. The molecule has 0 aromatic rings. The maximum atomic E-state index is 10.2. The first-order chi connectivity index (χ1) is 8.55. The van der Waals surface area contributed by atoms with E-state index in [1.165, 1.54) is 0 Å². The summed E-state index contributed by atoms with van der Waals surface area (Å²) in [4.78, 5) is 2.43. The molecule has 2 heterocycles. The zero-order valence-electron chi connectivity index (χ0n) is 11.9. The molecule has 2 aliphatic rings. The molecule has 18 heavy (non-hydrogen) atoms. The quantitative estimate of drug-likeness (QED) is 0.765. The Hall–Kier alpha value is -0.160. The number of ether oxygens (including phenoxy) is 1. The minimum absolute atomic E-state index is 0.253. The third-order valence-corrected chi connectivity index (χ3v) is 4.25. The van der Waals surface area contributed by atoms with Crippen LogP contribution in [0, 0.1) is 5.41 Å². The van der Waals surface area contributed by atoms with E-state index in [-0.39, 0.29) is 5.41 Å². The van der Waals surface area contributed by atoms with Crippen LogP contribution in [-0.4, -0.2) is 61.5 Å². The fraction of sp³-hybridized carbons (Fsp3) is 1.00. The van der Waals surface area contributed by atoms with Gasteiger partial charge in [-0.05, 0) is 39.3 Å². The summed E-state index contributed by atoms with van der Waals surface area (Å²) in [6, 6.07) is 0. The van der Waals surface area contributed by atoms with Gasteiger partial charge >= 0.3 is 0 Å². The summed E-state index contributed by atoms with van der Waals surface area (Å²) in [5, 5.41) is 13.7. The molecule has 2 N–H and O–H groups in total.